The summed E-state index contributed by atoms with van der Waals surface area (Å²) in [7, 11) is 0. The zero-order valence-corrected chi connectivity index (χ0v) is 5.58. The molecule has 1 aliphatic heterocycles. The van der Waals surface area contributed by atoms with Gasteiger partial charge in [0.25, 0.3) is 0 Å². The van der Waals surface area contributed by atoms with Crippen molar-refractivity contribution in [1.29, 1.82) is 0 Å². The van der Waals surface area contributed by atoms with E-state index in [9.17, 15) is 5.11 Å². The maximum Gasteiger partial charge on any atom is 0.107 e. The van der Waals surface area contributed by atoms with Gasteiger partial charge in [-0.3, -0.25) is 0 Å². The van der Waals surface area contributed by atoms with Crippen LogP contribution in [0.15, 0.2) is 12.7 Å². The summed E-state index contributed by atoms with van der Waals surface area (Å²) in [4.78, 5) is 0. The van der Waals surface area contributed by atoms with Crippen molar-refractivity contribution in [2.45, 2.75) is 19.1 Å². The first kappa shape index (κ1) is 6.78. The van der Waals surface area contributed by atoms with Crippen LogP contribution in [0.1, 0.15) is 6.92 Å². The lowest BCUT2D eigenvalue weighted by molar-refractivity contribution is 0.103. The van der Waals surface area contributed by atoms with Gasteiger partial charge in [-0.05, 0) is 0 Å². The van der Waals surface area contributed by atoms with E-state index in [0.717, 1.165) is 0 Å². The van der Waals surface area contributed by atoms with Crippen LogP contribution in [0, 0.1) is 5.92 Å². The van der Waals surface area contributed by atoms with Crippen LogP contribution in [0.25, 0.3) is 0 Å². The Balaban J connectivity index is 2.30. The number of rotatable bonds is 3. The fraction of sp³-hybridized carbons (Fsp3) is 0.714. The Morgan fingerprint density at radius 2 is 2.44 bits per heavy atom. The van der Waals surface area contributed by atoms with E-state index in [1.54, 1.807) is 6.08 Å². The highest BCUT2D eigenvalue weighted by atomic mass is 16.6. The van der Waals surface area contributed by atoms with E-state index in [2.05, 4.69) is 6.58 Å². The van der Waals surface area contributed by atoms with Crippen LogP contribution in [0.4, 0.5) is 0 Å². The number of hydrogen-bond acceptors (Lipinski definition) is 2. The molecule has 0 aromatic carbocycles. The molecule has 1 rings (SSSR count). The van der Waals surface area contributed by atoms with Crippen LogP contribution < -0.4 is 0 Å². The Hall–Kier alpha value is -0.340. The van der Waals surface area contributed by atoms with Crippen molar-refractivity contribution in [2.75, 3.05) is 6.61 Å². The van der Waals surface area contributed by atoms with Crippen LogP contribution in [-0.2, 0) is 4.74 Å². The lowest BCUT2D eigenvalue weighted by Gasteiger charge is -2.10. The van der Waals surface area contributed by atoms with Crippen LogP contribution in [0.5, 0.6) is 0 Å². The monoisotopic (exact) mass is 128 g/mol. The molecule has 0 aliphatic carbocycles. The highest BCUT2D eigenvalue weighted by Crippen LogP contribution is 2.20. The van der Waals surface area contributed by atoms with E-state index in [4.69, 9.17) is 4.74 Å². The summed E-state index contributed by atoms with van der Waals surface area (Å²) in [5, 5.41) is 9.26. The van der Waals surface area contributed by atoms with E-state index < -0.39 is 0 Å². The quantitative estimate of drug-likeness (QED) is 0.445. The molecular weight excluding hydrogens is 116 g/mol. The Bertz CT molecular complexity index is 107. The van der Waals surface area contributed by atoms with Crippen molar-refractivity contribution >= 4 is 0 Å². The van der Waals surface area contributed by atoms with Crippen molar-refractivity contribution in [3.63, 3.8) is 0 Å². The molecule has 9 heavy (non-hydrogen) atoms. The van der Waals surface area contributed by atoms with E-state index in [-0.39, 0.29) is 18.1 Å². The van der Waals surface area contributed by atoms with Gasteiger partial charge in [0.1, 0.15) is 6.10 Å². The van der Waals surface area contributed by atoms with Crippen molar-refractivity contribution < 1.29 is 9.84 Å². The Morgan fingerprint density at radius 3 is 2.78 bits per heavy atom. The molecule has 0 radical (unpaired) electrons. The molecule has 52 valence electrons. The average molecular weight is 128 g/mol. The smallest absolute Gasteiger partial charge is 0.107 e. The summed E-state index contributed by atoms with van der Waals surface area (Å²) >= 11 is 0. The minimum Gasteiger partial charge on any atom is -0.390 e. The molecule has 0 bridgehead atoms. The molecule has 0 saturated carbocycles. The van der Waals surface area contributed by atoms with Gasteiger partial charge in [-0.15, -0.1) is 6.58 Å². The van der Waals surface area contributed by atoms with Crippen LogP contribution in [0.2, 0.25) is 0 Å². The summed E-state index contributed by atoms with van der Waals surface area (Å²) in [5.41, 5.74) is 0. The summed E-state index contributed by atoms with van der Waals surface area (Å²) < 4.78 is 4.90. The minimum atomic E-state index is -0.345. The summed E-state index contributed by atoms with van der Waals surface area (Å²) in [5.74, 6) is 0.150. The molecule has 1 aliphatic rings. The van der Waals surface area contributed by atoms with Gasteiger partial charge in [0, 0.05) is 5.92 Å². The topological polar surface area (TPSA) is 32.8 Å². The lowest BCUT2D eigenvalue weighted by atomic mass is 10.0. The van der Waals surface area contributed by atoms with E-state index in [1.807, 2.05) is 6.92 Å². The molecule has 1 N–H and O–H groups in total. The highest BCUT2D eigenvalue weighted by molar-refractivity contribution is 4.89. The normalized spacial score (nSPS) is 31.1. The molecule has 0 unspecified atom stereocenters. The number of aliphatic hydroxyl groups excluding tert-OH is 1. The Labute approximate surface area is 55.1 Å². The molecule has 1 fully saturated rings. The van der Waals surface area contributed by atoms with Gasteiger partial charge in [-0.25, -0.2) is 0 Å². The first-order valence-electron chi connectivity index (χ1n) is 3.18. The van der Waals surface area contributed by atoms with Crippen LogP contribution in [0.3, 0.4) is 0 Å². The zero-order valence-electron chi connectivity index (χ0n) is 5.58. The average Bonchev–Trinajstić information content (AvgIpc) is 2.66. The largest absolute Gasteiger partial charge is 0.390 e. The molecule has 0 amide bonds. The minimum absolute atomic E-state index is 0.0815. The SMILES string of the molecule is C=C[C@@H](C)[C@H](O)[C@@H]1CO1. The third-order valence-electron chi connectivity index (χ3n) is 1.65. The molecule has 0 spiro atoms. The van der Waals surface area contributed by atoms with Crippen molar-refractivity contribution in [3.05, 3.63) is 12.7 Å². The standard InChI is InChI=1S/C7H12O2/c1-3-5(2)7(8)6-4-9-6/h3,5-8H,1,4H2,2H3/t5-,6+,7+/m1/s1. The fourth-order valence-electron chi connectivity index (χ4n) is 0.731. The highest BCUT2D eigenvalue weighted by Gasteiger charge is 2.33. The molecule has 3 atom stereocenters. The number of ether oxygens (including phenoxy) is 1. The third kappa shape index (κ3) is 1.53. The fourth-order valence-corrected chi connectivity index (χ4v) is 0.731. The number of hydrogen-bond donors (Lipinski definition) is 1. The Kier molecular flexibility index (Phi) is 1.88. The molecule has 1 heterocycles. The molecular formula is C7H12O2. The van der Waals surface area contributed by atoms with Gasteiger partial charge in [-0.2, -0.15) is 0 Å². The second-order valence-corrected chi connectivity index (χ2v) is 2.46. The van der Waals surface area contributed by atoms with Gasteiger partial charge >= 0.3 is 0 Å². The molecule has 0 aromatic rings. The Morgan fingerprint density at radius 1 is 1.89 bits per heavy atom. The van der Waals surface area contributed by atoms with Crippen molar-refractivity contribution in [2.24, 2.45) is 5.92 Å². The summed E-state index contributed by atoms with van der Waals surface area (Å²) in [6, 6.07) is 0. The van der Waals surface area contributed by atoms with Gasteiger partial charge < -0.3 is 9.84 Å². The first-order chi connectivity index (χ1) is 4.25. The van der Waals surface area contributed by atoms with Crippen molar-refractivity contribution in [3.8, 4) is 0 Å². The first-order valence-corrected chi connectivity index (χ1v) is 3.18. The molecule has 2 heteroatoms. The maximum atomic E-state index is 9.26. The molecule has 0 aromatic heterocycles. The van der Waals surface area contributed by atoms with E-state index >= 15 is 0 Å². The van der Waals surface area contributed by atoms with Gasteiger partial charge in [0.2, 0.25) is 0 Å². The number of aliphatic hydroxyl groups is 1. The molecule has 2 nitrogen and oxygen atoms in total. The summed E-state index contributed by atoms with van der Waals surface area (Å²) in [6.07, 6.45) is 1.48. The predicted molar refractivity (Wildman–Crippen MR) is 35.1 cm³/mol. The second kappa shape index (κ2) is 2.50. The predicted octanol–water partition coefficient (Wildman–Crippen LogP) is 0.568. The maximum absolute atomic E-state index is 9.26. The zero-order chi connectivity index (χ0) is 6.85. The van der Waals surface area contributed by atoms with Gasteiger partial charge in [0.15, 0.2) is 0 Å². The second-order valence-electron chi connectivity index (χ2n) is 2.46. The van der Waals surface area contributed by atoms with Crippen LogP contribution in [-0.4, -0.2) is 23.9 Å². The lowest BCUT2D eigenvalue weighted by Crippen LogP contribution is -2.21. The third-order valence-corrected chi connectivity index (χ3v) is 1.65. The van der Waals surface area contributed by atoms with E-state index in [0.29, 0.717) is 6.61 Å². The van der Waals surface area contributed by atoms with Gasteiger partial charge in [0.05, 0.1) is 12.7 Å². The summed E-state index contributed by atoms with van der Waals surface area (Å²) in [6.45, 7) is 6.21. The number of epoxide rings is 1. The van der Waals surface area contributed by atoms with Gasteiger partial charge in [-0.1, -0.05) is 13.0 Å². The molecule has 1 saturated heterocycles. The van der Waals surface area contributed by atoms with Crippen molar-refractivity contribution in [1.82, 2.24) is 0 Å². The van der Waals surface area contributed by atoms with Crippen LogP contribution >= 0.6 is 0 Å². The van der Waals surface area contributed by atoms with E-state index in [1.165, 1.54) is 0 Å².